The first-order valence-corrected chi connectivity index (χ1v) is 5.11. The molecule has 1 aliphatic rings. The topological polar surface area (TPSA) is 38.0 Å². The van der Waals surface area contributed by atoms with E-state index >= 15 is 0 Å². The summed E-state index contributed by atoms with van der Waals surface area (Å²) in [4.78, 5) is 0. The molecule has 0 radical (unpaired) electrons. The molecule has 2 nitrogen and oxygen atoms in total. The second-order valence-corrected chi connectivity index (χ2v) is 5.02. The van der Waals surface area contributed by atoms with E-state index in [1.54, 1.807) is 0 Å². The minimum Gasteiger partial charge on any atom is -0.399 e. The van der Waals surface area contributed by atoms with Crippen LogP contribution in [0.3, 0.4) is 0 Å². The van der Waals surface area contributed by atoms with E-state index in [1.807, 2.05) is 12.1 Å². The number of nitrogens with two attached hydrogens (primary N) is 1. The maximum atomic E-state index is 5.78. The highest BCUT2D eigenvalue weighted by atomic mass is 15.0. The van der Waals surface area contributed by atoms with Crippen molar-refractivity contribution in [1.29, 1.82) is 0 Å². The molecular formula is C12H18N2. The molecular weight excluding hydrogens is 172 g/mol. The van der Waals surface area contributed by atoms with Gasteiger partial charge in [0.05, 0.1) is 0 Å². The highest BCUT2D eigenvalue weighted by Crippen LogP contribution is 2.46. The zero-order valence-corrected chi connectivity index (χ0v) is 9.09. The smallest absolute Gasteiger partial charge is 0.0365 e. The standard InChI is InChI=1S/C12H18N2/c1-8-4-9(13)6-10(5-8)14-11-7-12(11,2)3/h4-6,11,14H,7,13H2,1-3H3. The van der Waals surface area contributed by atoms with Gasteiger partial charge in [0.15, 0.2) is 0 Å². The van der Waals surface area contributed by atoms with Gasteiger partial charge in [-0.3, -0.25) is 0 Å². The van der Waals surface area contributed by atoms with Gasteiger partial charge in [-0.25, -0.2) is 0 Å². The monoisotopic (exact) mass is 190 g/mol. The van der Waals surface area contributed by atoms with Crippen molar-refractivity contribution in [3.05, 3.63) is 23.8 Å². The molecule has 0 bridgehead atoms. The molecule has 0 heterocycles. The van der Waals surface area contributed by atoms with E-state index in [0.29, 0.717) is 11.5 Å². The molecule has 1 aromatic rings. The number of hydrogen-bond donors (Lipinski definition) is 2. The van der Waals surface area contributed by atoms with Crippen LogP contribution < -0.4 is 11.1 Å². The molecule has 14 heavy (non-hydrogen) atoms. The molecule has 1 unspecified atom stereocenters. The average Bonchev–Trinajstić information content (AvgIpc) is 2.55. The Morgan fingerprint density at radius 1 is 1.36 bits per heavy atom. The largest absolute Gasteiger partial charge is 0.399 e. The Labute approximate surface area is 85.5 Å². The second-order valence-electron chi connectivity index (χ2n) is 5.02. The highest BCUT2D eigenvalue weighted by molar-refractivity contribution is 5.58. The Morgan fingerprint density at radius 3 is 2.50 bits per heavy atom. The van der Waals surface area contributed by atoms with Crippen molar-refractivity contribution in [3.63, 3.8) is 0 Å². The van der Waals surface area contributed by atoms with Crippen LogP contribution in [0.1, 0.15) is 25.8 Å². The minimum atomic E-state index is 0.457. The molecule has 1 aromatic carbocycles. The molecule has 76 valence electrons. The molecule has 1 saturated carbocycles. The first kappa shape index (κ1) is 9.38. The van der Waals surface area contributed by atoms with Gasteiger partial charge in [0.25, 0.3) is 0 Å². The van der Waals surface area contributed by atoms with Gasteiger partial charge < -0.3 is 11.1 Å². The van der Waals surface area contributed by atoms with E-state index in [4.69, 9.17) is 5.73 Å². The summed E-state index contributed by atoms with van der Waals surface area (Å²) in [6.07, 6.45) is 1.25. The lowest BCUT2D eigenvalue weighted by molar-refractivity contribution is 0.630. The Hall–Kier alpha value is -1.18. The lowest BCUT2D eigenvalue weighted by Crippen LogP contribution is -2.08. The fourth-order valence-electron chi connectivity index (χ4n) is 1.81. The van der Waals surface area contributed by atoms with Crippen LogP contribution in [-0.2, 0) is 0 Å². The van der Waals surface area contributed by atoms with Crippen molar-refractivity contribution >= 4 is 11.4 Å². The van der Waals surface area contributed by atoms with E-state index < -0.39 is 0 Å². The zero-order valence-electron chi connectivity index (χ0n) is 9.09. The first-order valence-electron chi connectivity index (χ1n) is 5.11. The van der Waals surface area contributed by atoms with Gasteiger partial charge in [-0.2, -0.15) is 0 Å². The molecule has 2 rings (SSSR count). The molecule has 3 N–H and O–H groups in total. The summed E-state index contributed by atoms with van der Waals surface area (Å²) < 4.78 is 0. The summed E-state index contributed by atoms with van der Waals surface area (Å²) in [7, 11) is 0. The zero-order chi connectivity index (χ0) is 10.3. The minimum absolute atomic E-state index is 0.457. The van der Waals surface area contributed by atoms with Gasteiger partial charge >= 0.3 is 0 Å². The average molecular weight is 190 g/mol. The molecule has 2 heteroatoms. The van der Waals surface area contributed by atoms with E-state index in [0.717, 1.165) is 11.4 Å². The van der Waals surface area contributed by atoms with Crippen LogP contribution in [0.4, 0.5) is 11.4 Å². The maximum Gasteiger partial charge on any atom is 0.0365 e. The summed E-state index contributed by atoms with van der Waals surface area (Å²) in [5.41, 5.74) is 9.44. The summed E-state index contributed by atoms with van der Waals surface area (Å²) in [5.74, 6) is 0. The molecule has 0 aromatic heterocycles. The van der Waals surface area contributed by atoms with E-state index in [9.17, 15) is 0 Å². The summed E-state index contributed by atoms with van der Waals surface area (Å²) in [5, 5.41) is 3.51. The van der Waals surface area contributed by atoms with Crippen molar-refractivity contribution in [2.45, 2.75) is 33.2 Å². The van der Waals surface area contributed by atoms with Crippen LogP contribution in [0, 0.1) is 12.3 Å². The normalized spacial score (nSPS) is 23.2. The number of nitrogen functional groups attached to an aromatic ring is 1. The fraction of sp³-hybridized carbons (Fsp3) is 0.500. The summed E-state index contributed by atoms with van der Waals surface area (Å²) >= 11 is 0. The number of aryl methyl sites for hydroxylation is 1. The highest BCUT2D eigenvalue weighted by Gasteiger charge is 2.45. The third kappa shape index (κ3) is 1.84. The SMILES string of the molecule is Cc1cc(N)cc(NC2CC2(C)C)c1. The molecule has 0 saturated heterocycles. The van der Waals surface area contributed by atoms with E-state index in [1.165, 1.54) is 12.0 Å². The van der Waals surface area contributed by atoms with Crippen LogP contribution in [0.25, 0.3) is 0 Å². The molecule has 1 aliphatic carbocycles. The van der Waals surface area contributed by atoms with Crippen molar-refractivity contribution < 1.29 is 0 Å². The fourth-order valence-corrected chi connectivity index (χ4v) is 1.81. The van der Waals surface area contributed by atoms with Crippen LogP contribution >= 0.6 is 0 Å². The van der Waals surface area contributed by atoms with Crippen LogP contribution in [0.5, 0.6) is 0 Å². The van der Waals surface area contributed by atoms with Gasteiger partial charge in [-0.05, 0) is 42.5 Å². The van der Waals surface area contributed by atoms with Crippen molar-refractivity contribution in [2.75, 3.05) is 11.1 Å². The maximum absolute atomic E-state index is 5.78. The lowest BCUT2D eigenvalue weighted by Gasteiger charge is -2.09. The van der Waals surface area contributed by atoms with Gasteiger partial charge in [0, 0.05) is 17.4 Å². The molecule has 0 spiro atoms. The second kappa shape index (κ2) is 2.91. The first-order chi connectivity index (χ1) is 6.47. The summed E-state index contributed by atoms with van der Waals surface area (Å²) in [6, 6.07) is 6.75. The Kier molecular flexibility index (Phi) is 1.95. The number of nitrogens with one attached hydrogen (secondary N) is 1. The Balaban J connectivity index is 2.10. The van der Waals surface area contributed by atoms with Crippen LogP contribution in [0.2, 0.25) is 0 Å². The van der Waals surface area contributed by atoms with E-state index in [-0.39, 0.29) is 0 Å². The van der Waals surface area contributed by atoms with Crippen molar-refractivity contribution in [3.8, 4) is 0 Å². The third-order valence-electron chi connectivity index (χ3n) is 2.95. The Morgan fingerprint density at radius 2 is 2.00 bits per heavy atom. The van der Waals surface area contributed by atoms with Crippen molar-refractivity contribution in [1.82, 2.24) is 0 Å². The number of anilines is 2. The third-order valence-corrected chi connectivity index (χ3v) is 2.95. The number of benzene rings is 1. The quantitative estimate of drug-likeness (QED) is 0.704. The molecule has 1 fully saturated rings. The van der Waals surface area contributed by atoms with Gasteiger partial charge in [-0.15, -0.1) is 0 Å². The van der Waals surface area contributed by atoms with Gasteiger partial charge in [0.2, 0.25) is 0 Å². The molecule has 0 amide bonds. The van der Waals surface area contributed by atoms with Crippen LogP contribution in [-0.4, -0.2) is 6.04 Å². The van der Waals surface area contributed by atoms with Gasteiger partial charge in [0.1, 0.15) is 0 Å². The summed E-state index contributed by atoms with van der Waals surface area (Å²) in [6.45, 7) is 6.63. The van der Waals surface area contributed by atoms with Gasteiger partial charge in [-0.1, -0.05) is 13.8 Å². The van der Waals surface area contributed by atoms with E-state index in [2.05, 4.69) is 32.2 Å². The predicted molar refractivity (Wildman–Crippen MR) is 61.4 cm³/mol. The lowest BCUT2D eigenvalue weighted by atomic mass is 10.1. The number of rotatable bonds is 2. The predicted octanol–water partition coefficient (Wildman–Crippen LogP) is 2.79. The molecule has 0 aliphatic heterocycles. The van der Waals surface area contributed by atoms with Crippen molar-refractivity contribution in [2.24, 2.45) is 5.41 Å². The van der Waals surface area contributed by atoms with Crippen LogP contribution in [0.15, 0.2) is 18.2 Å². The molecule has 1 atom stereocenters. The Bertz CT molecular complexity index is 335. The number of hydrogen-bond acceptors (Lipinski definition) is 2.